The van der Waals surface area contributed by atoms with Crippen LogP contribution >= 0.6 is 0 Å². The summed E-state index contributed by atoms with van der Waals surface area (Å²) in [4.78, 5) is 22.6. The SMILES string of the molecule is CS(=O)(=O)OC1CC=CC2C(=O)OC(=O)C12. The van der Waals surface area contributed by atoms with Gasteiger partial charge < -0.3 is 4.74 Å². The molecule has 1 aliphatic heterocycles. The summed E-state index contributed by atoms with van der Waals surface area (Å²) in [7, 11) is -3.66. The van der Waals surface area contributed by atoms with E-state index >= 15 is 0 Å². The number of fused-ring (bicyclic) bond motifs is 1. The van der Waals surface area contributed by atoms with Crippen LogP contribution in [0.25, 0.3) is 0 Å². The molecule has 0 amide bonds. The predicted molar refractivity (Wildman–Crippen MR) is 51.6 cm³/mol. The molecular formula is C9H10O6S. The molecule has 0 aromatic rings. The molecule has 1 saturated heterocycles. The van der Waals surface area contributed by atoms with Crippen LogP contribution in [0.1, 0.15) is 6.42 Å². The third kappa shape index (κ3) is 2.00. The Hall–Kier alpha value is -1.21. The minimum absolute atomic E-state index is 0.274. The first kappa shape index (κ1) is 11.3. The van der Waals surface area contributed by atoms with Gasteiger partial charge in [-0.25, -0.2) is 0 Å². The highest BCUT2D eigenvalue weighted by atomic mass is 32.2. The lowest BCUT2D eigenvalue weighted by atomic mass is 9.84. The number of carbonyl (C=O) groups is 2. The van der Waals surface area contributed by atoms with Gasteiger partial charge in [-0.1, -0.05) is 12.2 Å². The van der Waals surface area contributed by atoms with Crippen LogP contribution < -0.4 is 0 Å². The zero-order valence-corrected chi connectivity index (χ0v) is 9.27. The van der Waals surface area contributed by atoms with E-state index in [0.717, 1.165) is 6.26 Å². The Balaban J connectivity index is 2.26. The Bertz CT molecular complexity index is 462. The molecule has 0 aromatic carbocycles. The lowest BCUT2D eigenvalue weighted by Crippen LogP contribution is -2.35. The van der Waals surface area contributed by atoms with Crippen LogP contribution in [0.15, 0.2) is 12.2 Å². The molecule has 88 valence electrons. The first-order chi connectivity index (χ1) is 7.38. The molecular weight excluding hydrogens is 236 g/mol. The number of cyclic esters (lactones) is 2. The summed E-state index contributed by atoms with van der Waals surface area (Å²) in [6, 6.07) is 0. The summed E-state index contributed by atoms with van der Waals surface area (Å²) >= 11 is 0. The number of carbonyl (C=O) groups excluding carboxylic acids is 2. The quantitative estimate of drug-likeness (QED) is 0.285. The van der Waals surface area contributed by atoms with Gasteiger partial charge >= 0.3 is 11.9 Å². The van der Waals surface area contributed by atoms with Crippen LogP contribution in [-0.2, 0) is 28.6 Å². The van der Waals surface area contributed by atoms with Crippen molar-refractivity contribution in [1.29, 1.82) is 0 Å². The van der Waals surface area contributed by atoms with Crippen LogP contribution in [0.4, 0.5) is 0 Å². The first-order valence-electron chi connectivity index (χ1n) is 4.69. The number of hydrogen-bond acceptors (Lipinski definition) is 6. The van der Waals surface area contributed by atoms with Crippen molar-refractivity contribution >= 4 is 22.1 Å². The number of hydrogen-bond donors (Lipinski definition) is 0. The van der Waals surface area contributed by atoms with Crippen LogP contribution in [-0.4, -0.2) is 32.7 Å². The minimum Gasteiger partial charge on any atom is -0.392 e. The summed E-state index contributed by atoms with van der Waals surface area (Å²) in [5, 5.41) is 0. The van der Waals surface area contributed by atoms with E-state index in [0.29, 0.717) is 0 Å². The van der Waals surface area contributed by atoms with E-state index in [1.165, 1.54) is 0 Å². The Labute approximate surface area is 92.3 Å². The van der Waals surface area contributed by atoms with Crippen molar-refractivity contribution in [2.75, 3.05) is 6.26 Å². The molecule has 1 fully saturated rings. The van der Waals surface area contributed by atoms with Crippen molar-refractivity contribution in [3.8, 4) is 0 Å². The van der Waals surface area contributed by atoms with Gasteiger partial charge in [0.25, 0.3) is 10.1 Å². The van der Waals surface area contributed by atoms with E-state index in [9.17, 15) is 18.0 Å². The van der Waals surface area contributed by atoms with Gasteiger partial charge in [0.15, 0.2) is 0 Å². The first-order valence-corrected chi connectivity index (χ1v) is 6.50. The maximum atomic E-state index is 11.4. The van der Waals surface area contributed by atoms with Gasteiger partial charge in [-0.15, -0.1) is 0 Å². The molecule has 2 rings (SSSR count). The molecule has 1 aliphatic carbocycles. The van der Waals surface area contributed by atoms with E-state index < -0.39 is 40.0 Å². The van der Waals surface area contributed by atoms with E-state index in [-0.39, 0.29) is 6.42 Å². The maximum Gasteiger partial charge on any atom is 0.321 e. The molecule has 0 N–H and O–H groups in total. The van der Waals surface area contributed by atoms with Crippen LogP contribution in [0.5, 0.6) is 0 Å². The standard InChI is InChI=1S/C9H10O6S/c1-16(12,13)15-6-4-2-3-5-7(6)9(11)14-8(5)10/h2-3,5-7H,4H2,1H3. The Morgan fingerprint density at radius 2 is 2.06 bits per heavy atom. The molecule has 0 bridgehead atoms. The van der Waals surface area contributed by atoms with Gasteiger partial charge in [-0.3, -0.25) is 13.8 Å². The average Bonchev–Trinajstić information content (AvgIpc) is 2.41. The fraction of sp³-hybridized carbons (Fsp3) is 0.556. The third-order valence-corrected chi connectivity index (χ3v) is 3.14. The van der Waals surface area contributed by atoms with E-state index in [1.807, 2.05) is 0 Å². The number of esters is 2. The van der Waals surface area contributed by atoms with E-state index in [2.05, 4.69) is 4.74 Å². The molecule has 0 spiro atoms. The zero-order valence-electron chi connectivity index (χ0n) is 8.45. The van der Waals surface area contributed by atoms with Gasteiger partial charge in [0.05, 0.1) is 18.3 Å². The van der Waals surface area contributed by atoms with Crippen molar-refractivity contribution in [3.05, 3.63) is 12.2 Å². The van der Waals surface area contributed by atoms with Gasteiger partial charge in [-0.2, -0.15) is 8.42 Å². The molecule has 3 atom stereocenters. The summed E-state index contributed by atoms with van der Waals surface area (Å²) in [6.07, 6.45) is 3.51. The molecule has 16 heavy (non-hydrogen) atoms. The topological polar surface area (TPSA) is 86.7 Å². The fourth-order valence-electron chi connectivity index (χ4n) is 1.94. The number of ether oxygens (including phenoxy) is 1. The normalized spacial score (nSPS) is 33.7. The third-order valence-electron chi connectivity index (χ3n) is 2.54. The monoisotopic (exact) mass is 246 g/mol. The average molecular weight is 246 g/mol. The number of rotatable bonds is 2. The molecule has 7 heteroatoms. The summed E-state index contributed by atoms with van der Waals surface area (Å²) in [5.74, 6) is -2.92. The maximum absolute atomic E-state index is 11.4. The lowest BCUT2D eigenvalue weighted by Gasteiger charge is -2.24. The fourth-order valence-corrected chi connectivity index (χ4v) is 2.59. The predicted octanol–water partition coefficient (Wildman–Crippen LogP) is -0.393. The second kappa shape index (κ2) is 3.67. The van der Waals surface area contributed by atoms with Crippen LogP contribution in [0.3, 0.4) is 0 Å². The van der Waals surface area contributed by atoms with Crippen LogP contribution in [0.2, 0.25) is 0 Å². The Kier molecular flexibility index (Phi) is 2.59. The van der Waals surface area contributed by atoms with Crippen molar-refractivity contribution < 1.29 is 26.9 Å². The molecule has 6 nitrogen and oxygen atoms in total. The molecule has 0 radical (unpaired) electrons. The van der Waals surface area contributed by atoms with E-state index in [1.54, 1.807) is 12.2 Å². The summed E-state index contributed by atoms with van der Waals surface area (Å²) in [6.45, 7) is 0. The lowest BCUT2D eigenvalue weighted by molar-refractivity contribution is -0.154. The summed E-state index contributed by atoms with van der Waals surface area (Å²) < 4.78 is 31.2. The molecule has 0 saturated carbocycles. The van der Waals surface area contributed by atoms with Gasteiger partial charge in [0.1, 0.15) is 5.92 Å². The van der Waals surface area contributed by atoms with Crippen molar-refractivity contribution in [2.45, 2.75) is 12.5 Å². The highest BCUT2D eigenvalue weighted by molar-refractivity contribution is 7.86. The molecule has 0 aromatic heterocycles. The second-order valence-corrected chi connectivity index (χ2v) is 5.40. The van der Waals surface area contributed by atoms with Gasteiger partial charge in [-0.05, 0) is 6.42 Å². The van der Waals surface area contributed by atoms with Crippen LogP contribution in [0, 0.1) is 11.8 Å². The van der Waals surface area contributed by atoms with E-state index in [4.69, 9.17) is 4.18 Å². The van der Waals surface area contributed by atoms with Crippen molar-refractivity contribution in [3.63, 3.8) is 0 Å². The van der Waals surface area contributed by atoms with Crippen molar-refractivity contribution in [2.24, 2.45) is 11.8 Å². The minimum atomic E-state index is -3.66. The molecule has 1 heterocycles. The second-order valence-electron chi connectivity index (χ2n) is 3.79. The highest BCUT2D eigenvalue weighted by Gasteiger charge is 2.49. The molecule has 3 unspecified atom stereocenters. The van der Waals surface area contributed by atoms with Gasteiger partial charge in [0.2, 0.25) is 0 Å². The smallest absolute Gasteiger partial charge is 0.321 e. The highest BCUT2D eigenvalue weighted by Crippen LogP contribution is 2.34. The Morgan fingerprint density at radius 1 is 1.38 bits per heavy atom. The molecule has 2 aliphatic rings. The van der Waals surface area contributed by atoms with Crippen molar-refractivity contribution in [1.82, 2.24) is 0 Å². The zero-order chi connectivity index (χ0) is 11.9. The van der Waals surface area contributed by atoms with Gasteiger partial charge in [0, 0.05) is 0 Å². The summed E-state index contributed by atoms with van der Waals surface area (Å²) in [5.41, 5.74) is 0. The largest absolute Gasteiger partial charge is 0.392 e. The Morgan fingerprint density at radius 3 is 2.69 bits per heavy atom.